The lowest BCUT2D eigenvalue weighted by Crippen LogP contribution is -2.34. The van der Waals surface area contributed by atoms with E-state index in [9.17, 15) is 4.79 Å². The maximum absolute atomic E-state index is 10.5. The summed E-state index contributed by atoms with van der Waals surface area (Å²) in [6.07, 6.45) is 13.4. The Bertz CT molecular complexity index is 1100. The van der Waals surface area contributed by atoms with Crippen LogP contribution >= 0.6 is 0 Å². The van der Waals surface area contributed by atoms with Gasteiger partial charge in [0.15, 0.2) is 0 Å². The van der Waals surface area contributed by atoms with Gasteiger partial charge in [0.05, 0.1) is 17.9 Å². The summed E-state index contributed by atoms with van der Waals surface area (Å²) in [6.45, 7) is 3.84. The number of fused-ring (bicyclic) bond motifs is 1. The second kappa shape index (κ2) is 11.9. The molecule has 0 atom stereocenters. The van der Waals surface area contributed by atoms with Gasteiger partial charge in [-0.3, -0.25) is 4.79 Å². The molecular weight excluding hydrogens is 422 g/mol. The quantitative estimate of drug-likeness (QED) is 0.491. The average Bonchev–Trinajstić information content (AvgIpc) is 3.33. The molecule has 1 aliphatic heterocycles. The number of nitrogens with zero attached hydrogens (tertiary/aromatic N) is 2. The predicted octanol–water partition coefficient (Wildman–Crippen LogP) is 6.24. The molecule has 1 aliphatic carbocycles. The van der Waals surface area contributed by atoms with Crippen molar-refractivity contribution in [1.29, 1.82) is 5.26 Å². The van der Waals surface area contributed by atoms with E-state index >= 15 is 0 Å². The van der Waals surface area contributed by atoms with E-state index in [1.807, 2.05) is 12.3 Å². The lowest BCUT2D eigenvalue weighted by atomic mass is 9.86. The van der Waals surface area contributed by atoms with E-state index in [0.29, 0.717) is 17.0 Å². The summed E-state index contributed by atoms with van der Waals surface area (Å²) in [5.41, 5.74) is 8.41. The molecule has 2 fully saturated rings. The van der Waals surface area contributed by atoms with Crippen LogP contribution in [0, 0.1) is 17.2 Å². The molecule has 0 bridgehead atoms. The van der Waals surface area contributed by atoms with Crippen molar-refractivity contribution in [3.8, 4) is 6.07 Å². The van der Waals surface area contributed by atoms with Crippen molar-refractivity contribution >= 4 is 16.9 Å². The van der Waals surface area contributed by atoms with Crippen LogP contribution in [0.3, 0.4) is 0 Å². The molecule has 1 saturated carbocycles. The molecule has 0 unspecified atom stereocenters. The smallest absolute Gasteiger partial charge is 0.248 e. The molecule has 1 amide bonds. The number of furan rings is 1. The Hall–Kier alpha value is -3.10. The highest BCUT2D eigenvalue weighted by molar-refractivity contribution is 5.92. The van der Waals surface area contributed by atoms with Gasteiger partial charge in [0.2, 0.25) is 5.91 Å². The van der Waals surface area contributed by atoms with Gasteiger partial charge in [0, 0.05) is 16.5 Å². The number of hydrogen-bond acceptors (Lipinski definition) is 4. The monoisotopic (exact) mass is 457 g/mol. The first-order valence-corrected chi connectivity index (χ1v) is 12.6. The Balaban J connectivity index is 0.000000210. The standard InChI is InChI=1S/C21H29NO.C8H6N2O/c1-2-6-17(7-3-1)10-13-22-14-11-18(12-15-22)20-16-23-21-9-5-4-8-19(20)21;9-5-6-1-3-7(4-2-6)8(10)11/h4-5,8-9,16-18H,1-3,6-7,10-15H2;1-4H,(H2,10,11). The molecule has 2 heterocycles. The molecule has 34 heavy (non-hydrogen) atoms. The summed E-state index contributed by atoms with van der Waals surface area (Å²) in [5.74, 6) is 1.22. The van der Waals surface area contributed by atoms with Crippen LogP contribution in [0.2, 0.25) is 0 Å². The molecule has 2 N–H and O–H groups in total. The number of benzene rings is 2. The Morgan fingerprint density at radius 2 is 1.71 bits per heavy atom. The van der Waals surface area contributed by atoms with E-state index in [1.54, 1.807) is 12.1 Å². The topological polar surface area (TPSA) is 83.3 Å². The third-order valence-electron chi connectivity index (χ3n) is 7.42. The normalized spacial score (nSPS) is 17.6. The largest absolute Gasteiger partial charge is 0.464 e. The summed E-state index contributed by atoms with van der Waals surface area (Å²) in [5, 5.41) is 9.73. The zero-order chi connectivity index (χ0) is 23.8. The number of primary amides is 1. The van der Waals surface area contributed by atoms with Crippen molar-refractivity contribution in [2.75, 3.05) is 19.6 Å². The molecule has 0 spiro atoms. The second-order valence-electron chi connectivity index (χ2n) is 9.65. The average molecular weight is 458 g/mol. The highest BCUT2D eigenvalue weighted by atomic mass is 16.3. The fourth-order valence-corrected chi connectivity index (χ4v) is 5.33. The van der Waals surface area contributed by atoms with Crippen LogP contribution in [-0.2, 0) is 0 Å². The van der Waals surface area contributed by atoms with Crippen molar-refractivity contribution in [1.82, 2.24) is 4.90 Å². The summed E-state index contributed by atoms with van der Waals surface area (Å²) < 4.78 is 5.74. The third kappa shape index (κ3) is 6.27. The Labute approximate surface area is 202 Å². The molecule has 5 heteroatoms. The van der Waals surface area contributed by atoms with Crippen LogP contribution in [0.15, 0.2) is 59.2 Å². The summed E-state index contributed by atoms with van der Waals surface area (Å²) in [4.78, 5) is 13.2. The second-order valence-corrected chi connectivity index (χ2v) is 9.65. The van der Waals surface area contributed by atoms with E-state index in [1.165, 1.54) is 94.1 Å². The first-order chi connectivity index (χ1) is 16.6. The minimum atomic E-state index is -0.477. The van der Waals surface area contributed by atoms with Crippen molar-refractivity contribution < 1.29 is 9.21 Å². The Morgan fingerprint density at radius 3 is 2.38 bits per heavy atom. The van der Waals surface area contributed by atoms with E-state index in [-0.39, 0.29) is 0 Å². The number of para-hydroxylation sites is 1. The first kappa shape index (κ1) is 24.0. The minimum Gasteiger partial charge on any atom is -0.464 e. The minimum absolute atomic E-state index is 0.420. The lowest BCUT2D eigenvalue weighted by molar-refractivity contribution is 0.100. The molecule has 178 valence electrons. The van der Waals surface area contributed by atoms with Crippen molar-refractivity contribution in [2.24, 2.45) is 11.7 Å². The fourth-order valence-electron chi connectivity index (χ4n) is 5.33. The fraction of sp³-hybridized carbons (Fsp3) is 0.448. The number of carbonyl (C=O) groups excluding carboxylic acids is 1. The summed E-state index contributed by atoms with van der Waals surface area (Å²) >= 11 is 0. The molecule has 5 rings (SSSR count). The van der Waals surface area contributed by atoms with E-state index < -0.39 is 5.91 Å². The van der Waals surface area contributed by atoms with Gasteiger partial charge in [-0.25, -0.2) is 0 Å². The van der Waals surface area contributed by atoms with Gasteiger partial charge < -0.3 is 15.1 Å². The Kier molecular flexibility index (Phi) is 8.38. The molecule has 2 aliphatic rings. The molecule has 1 aromatic heterocycles. The number of nitriles is 1. The zero-order valence-corrected chi connectivity index (χ0v) is 19.9. The van der Waals surface area contributed by atoms with Gasteiger partial charge in [-0.05, 0) is 81.1 Å². The molecular formula is C29H35N3O2. The number of rotatable bonds is 5. The van der Waals surface area contributed by atoms with Crippen molar-refractivity contribution in [3.63, 3.8) is 0 Å². The van der Waals surface area contributed by atoms with Gasteiger partial charge in [-0.15, -0.1) is 0 Å². The molecule has 1 saturated heterocycles. The van der Waals surface area contributed by atoms with Crippen LogP contribution in [0.4, 0.5) is 0 Å². The maximum Gasteiger partial charge on any atom is 0.248 e. The van der Waals surface area contributed by atoms with Crippen molar-refractivity contribution in [3.05, 3.63) is 71.5 Å². The number of hydrogen-bond donors (Lipinski definition) is 1. The number of likely N-dealkylation sites (tertiary alicyclic amines) is 1. The molecule has 2 aromatic carbocycles. The van der Waals surface area contributed by atoms with Crippen LogP contribution in [-0.4, -0.2) is 30.4 Å². The van der Waals surface area contributed by atoms with Gasteiger partial charge >= 0.3 is 0 Å². The van der Waals surface area contributed by atoms with Crippen LogP contribution in [0.5, 0.6) is 0 Å². The summed E-state index contributed by atoms with van der Waals surface area (Å²) in [6, 6.07) is 16.6. The number of carbonyl (C=O) groups is 1. The van der Waals surface area contributed by atoms with E-state index in [2.05, 4.69) is 29.2 Å². The SMILES string of the molecule is N#Cc1ccc(C(N)=O)cc1.c1ccc2c(C3CCN(CCC4CCCCC4)CC3)coc2c1. The highest BCUT2D eigenvalue weighted by Gasteiger charge is 2.24. The number of amides is 1. The van der Waals surface area contributed by atoms with E-state index in [0.717, 1.165) is 11.5 Å². The maximum atomic E-state index is 10.5. The van der Waals surface area contributed by atoms with Crippen LogP contribution in [0.25, 0.3) is 11.0 Å². The van der Waals surface area contributed by atoms with Gasteiger partial charge in [-0.2, -0.15) is 5.26 Å². The first-order valence-electron chi connectivity index (χ1n) is 12.6. The van der Waals surface area contributed by atoms with Crippen molar-refractivity contribution in [2.45, 2.75) is 57.3 Å². The zero-order valence-electron chi connectivity index (χ0n) is 19.9. The predicted molar refractivity (Wildman–Crippen MR) is 135 cm³/mol. The molecule has 3 aromatic rings. The highest BCUT2D eigenvalue weighted by Crippen LogP contribution is 2.34. The molecule has 0 radical (unpaired) electrons. The van der Waals surface area contributed by atoms with Gasteiger partial charge in [0.1, 0.15) is 5.58 Å². The Morgan fingerprint density at radius 1 is 1.00 bits per heavy atom. The van der Waals surface area contributed by atoms with E-state index in [4.69, 9.17) is 15.4 Å². The van der Waals surface area contributed by atoms with Crippen LogP contribution in [0.1, 0.15) is 78.8 Å². The third-order valence-corrected chi connectivity index (χ3v) is 7.42. The lowest BCUT2D eigenvalue weighted by Gasteiger charge is -2.33. The number of nitrogens with two attached hydrogens (primary N) is 1. The molecule has 5 nitrogen and oxygen atoms in total. The van der Waals surface area contributed by atoms with Crippen LogP contribution < -0.4 is 5.73 Å². The van der Waals surface area contributed by atoms with Gasteiger partial charge in [-0.1, -0.05) is 50.3 Å². The number of piperidine rings is 1. The summed E-state index contributed by atoms with van der Waals surface area (Å²) in [7, 11) is 0. The van der Waals surface area contributed by atoms with Gasteiger partial charge in [0.25, 0.3) is 0 Å².